The van der Waals surface area contributed by atoms with Gasteiger partial charge in [-0.2, -0.15) is 0 Å². The summed E-state index contributed by atoms with van der Waals surface area (Å²) in [5, 5.41) is 0. The molecular weight excluding hydrogens is 404 g/mol. The lowest BCUT2D eigenvalue weighted by atomic mass is 9.43. The molecule has 0 unspecified atom stereocenters. The van der Waals surface area contributed by atoms with Crippen LogP contribution < -0.4 is 0 Å². The lowest BCUT2D eigenvalue weighted by Crippen LogP contribution is -2.65. The summed E-state index contributed by atoms with van der Waals surface area (Å²) in [7, 11) is -0.853. The van der Waals surface area contributed by atoms with Crippen molar-refractivity contribution in [2.45, 2.75) is 98.2 Å². The van der Waals surface area contributed by atoms with Crippen LogP contribution in [0.4, 0.5) is 0 Å². The fourth-order valence-corrected chi connectivity index (χ4v) is 12.3. The minimum absolute atomic E-state index is 0.0335. The molecule has 1 fully saturated rings. The van der Waals surface area contributed by atoms with Crippen molar-refractivity contribution in [3.8, 4) is 0 Å². The Balaban J connectivity index is 2.72. The number of allylic oxidation sites excluding steroid dienone is 3. The number of fused-ring (bicyclic) bond motifs is 2. The Morgan fingerprint density at radius 2 is 1.68 bits per heavy atom. The van der Waals surface area contributed by atoms with Gasteiger partial charge in [0.15, 0.2) is 5.78 Å². The van der Waals surface area contributed by atoms with E-state index in [1.165, 1.54) is 7.11 Å². The van der Waals surface area contributed by atoms with Crippen LogP contribution >= 0.6 is 0 Å². The first-order valence-electron chi connectivity index (χ1n) is 11.8. The van der Waals surface area contributed by atoms with E-state index >= 15 is 0 Å². The van der Waals surface area contributed by atoms with Gasteiger partial charge in [-0.05, 0) is 60.2 Å². The van der Waals surface area contributed by atoms with Crippen molar-refractivity contribution in [3.63, 3.8) is 0 Å². The topological polar surface area (TPSA) is 52.6 Å². The van der Waals surface area contributed by atoms with Crippen molar-refractivity contribution in [1.29, 1.82) is 0 Å². The van der Waals surface area contributed by atoms with Crippen molar-refractivity contribution in [2.24, 2.45) is 22.2 Å². The summed E-state index contributed by atoms with van der Waals surface area (Å²) < 4.78 is 12.3. The van der Waals surface area contributed by atoms with Crippen LogP contribution in [-0.4, -0.2) is 27.2 Å². The fourth-order valence-electron chi connectivity index (χ4n) is 6.88. The van der Waals surface area contributed by atoms with Crippen LogP contribution in [0, 0.1) is 22.2 Å². The molecule has 0 aromatic rings. The van der Waals surface area contributed by atoms with Crippen molar-refractivity contribution in [1.82, 2.24) is 0 Å². The highest BCUT2D eigenvalue weighted by Gasteiger charge is 2.70. The Morgan fingerprint density at radius 3 is 2.10 bits per heavy atom. The number of ether oxygens (including phenoxy) is 1. The number of rotatable bonds is 8. The molecule has 0 aliphatic heterocycles. The molecule has 0 saturated heterocycles. The summed E-state index contributed by atoms with van der Waals surface area (Å²) in [5.41, 5.74) is -1.33. The molecule has 5 heteroatoms. The van der Waals surface area contributed by atoms with Gasteiger partial charge in [0, 0.05) is 0 Å². The first kappa shape index (κ1) is 25.9. The molecule has 2 bridgehead atoms. The van der Waals surface area contributed by atoms with E-state index in [1.54, 1.807) is 0 Å². The summed E-state index contributed by atoms with van der Waals surface area (Å²) >= 11 is 0. The third-order valence-corrected chi connectivity index (χ3v) is 14.8. The summed E-state index contributed by atoms with van der Waals surface area (Å²) in [6.45, 7) is 23.6. The molecule has 2 aliphatic carbocycles. The molecule has 2 rings (SSSR count). The molecule has 3 atom stereocenters. The zero-order valence-corrected chi connectivity index (χ0v) is 22.4. The smallest absolute Gasteiger partial charge is 0.320 e. The highest BCUT2D eigenvalue weighted by atomic mass is 28.4. The van der Waals surface area contributed by atoms with E-state index in [4.69, 9.17) is 9.16 Å². The number of hydrogen-bond acceptors (Lipinski definition) is 4. The molecule has 1 saturated carbocycles. The summed E-state index contributed by atoms with van der Waals surface area (Å²) in [6, 6.07) is 0. The predicted molar refractivity (Wildman–Crippen MR) is 129 cm³/mol. The predicted octanol–water partition coefficient (Wildman–Crippen LogP) is 6.82. The molecule has 0 amide bonds. The molecule has 0 aromatic carbocycles. The van der Waals surface area contributed by atoms with Gasteiger partial charge in [-0.15, -0.1) is 6.58 Å². The van der Waals surface area contributed by atoms with Crippen molar-refractivity contribution >= 4 is 20.1 Å². The summed E-state index contributed by atoms with van der Waals surface area (Å²) in [5.74, 6) is 0.475. The van der Waals surface area contributed by atoms with Gasteiger partial charge in [-0.1, -0.05) is 61.5 Å². The number of hydrogen-bond donors (Lipinski definition) is 0. The lowest BCUT2D eigenvalue weighted by molar-refractivity contribution is -0.184. The molecule has 0 aromatic heterocycles. The number of carbonyl (C=O) groups excluding carboxylic acids is 2. The van der Waals surface area contributed by atoms with E-state index in [2.05, 4.69) is 54.2 Å². The first-order chi connectivity index (χ1) is 14.2. The van der Waals surface area contributed by atoms with E-state index in [-0.39, 0.29) is 11.7 Å². The normalized spacial score (nSPS) is 30.4. The van der Waals surface area contributed by atoms with Crippen LogP contribution in [0.5, 0.6) is 0 Å². The third kappa shape index (κ3) is 3.46. The fraction of sp³-hybridized carbons (Fsp3) is 0.769. The first-order valence-corrected chi connectivity index (χ1v) is 14.0. The maximum Gasteiger partial charge on any atom is 0.320 e. The molecular formula is C26H44O4Si. The zero-order valence-electron chi connectivity index (χ0n) is 21.4. The van der Waals surface area contributed by atoms with Crippen LogP contribution in [0.15, 0.2) is 24.5 Å². The quantitative estimate of drug-likeness (QED) is 0.177. The second-order valence-electron chi connectivity index (χ2n) is 11.4. The van der Waals surface area contributed by atoms with Crippen molar-refractivity contribution in [2.75, 3.05) is 7.11 Å². The van der Waals surface area contributed by atoms with Crippen LogP contribution in [0.3, 0.4) is 0 Å². The van der Waals surface area contributed by atoms with Crippen molar-refractivity contribution < 1.29 is 18.8 Å². The molecule has 0 spiro atoms. The minimum atomic E-state index is -2.24. The molecule has 0 N–H and O–H groups in total. The van der Waals surface area contributed by atoms with E-state index in [0.717, 1.165) is 12.2 Å². The van der Waals surface area contributed by atoms with Gasteiger partial charge < -0.3 is 9.16 Å². The highest BCUT2D eigenvalue weighted by Crippen LogP contribution is 2.65. The van der Waals surface area contributed by atoms with Crippen LogP contribution in [0.1, 0.15) is 81.6 Å². The van der Waals surface area contributed by atoms with Gasteiger partial charge in [0.05, 0.1) is 18.3 Å². The van der Waals surface area contributed by atoms with Crippen LogP contribution in [0.2, 0.25) is 16.6 Å². The number of methoxy groups -OCH3 is 1. The van der Waals surface area contributed by atoms with E-state index < -0.39 is 30.5 Å². The Bertz CT molecular complexity index is 742. The molecule has 0 heterocycles. The SMILES string of the molecule is C=CC[C@H]1C[C@@]2(C)C(=O)[C@](C(=O)OC)(CC=C2O[Si](C(C)C)(C(C)C)C(C)C)C1(C)C. The van der Waals surface area contributed by atoms with Gasteiger partial charge in [0.2, 0.25) is 0 Å². The Labute approximate surface area is 191 Å². The lowest BCUT2D eigenvalue weighted by Gasteiger charge is -2.59. The highest BCUT2D eigenvalue weighted by molar-refractivity contribution is 6.77. The third-order valence-electron chi connectivity index (χ3n) is 8.78. The number of ketones is 1. The molecule has 31 heavy (non-hydrogen) atoms. The maximum absolute atomic E-state index is 14.2. The number of carbonyl (C=O) groups is 2. The number of Topliss-reactive ketones (excluding diaryl/α,β-unsaturated/α-hetero) is 1. The second-order valence-corrected chi connectivity index (χ2v) is 16.8. The van der Waals surface area contributed by atoms with E-state index in [0.29, 0.717) is 29.5 Å². The average molecular weight is 449 g/mol. The molecule has 176 valence electrons. The summed E-state index contributed by atoms with van der Waals surface area (Å²) in [6.07, 6.45) is 5.71. The molecule has 4 nitrogen and oxygen atoms in total. The van der Waals surface area contributed by atoms with Gasteiger partial charge >= 0.3 is 5.97 Å². The van der Waals surface area contributed by atoms with Gasteiger partial charge in [0.25, 0.3) is 8.32 Å². The number of esters is 1. The van der Waals surface area contributed by atoms with E-state index in [1.807, 2.05) is 26.8 Å². The summed E-state index contributed by atoms with van der Waals surface area (Å²) in [4.78, 5) is 27.4. The van der Waals surface area contributed by atoms with Gasteiger partial charge in [0.1, 0.15) is 5.41 Å². The molecule has 2 aliphatic rings. The molecule has 0 radical (unpaired) electrons. The maximum atomic E-state index is 14.2. The van der Waals surface area contributed by atoms with Gasteiger partial charge in [-0.3, -0.25) is 9.59 Å². The van der Waals surface area contributed by atoms with E-state index in [9.17, 15) is 9.59 Å². The second kappa shape index (κ2) is 8.53. The minimum Gasteiger partial charge on any atom is -0.545 e. The van der Waals surface area contributed by atoms with Crippen molar-refractivity contribution in [3.05, 3.63) is 24.5 Å². The Hall–Kier alpha value is -1.36. The van der Waals surface area contributed by atoms with Gasteiger partial charge in [-0.25, -0.2) is 0 Å². The Kier molecular flexibility index (Phi) is 7.13. The van der Waals surface area contributed by atoms with Crippen LogP contribution in [0.25, 0.3) is 0 Å². The average Bonchev–Trinajstić information content (AvgIpc) is 2.66. The van der Waals surface area contributed by atoms with Crippen LogP contribution in [-0.2, 0) is 18.8 Å². The Morgan fingerprint density at radius 1 is 1.16 bits per heavy atom. The monoisotopic (exact) mass is 448 g/mol. The largest absolute Gasteiger partial charge is 0.545 e. The standard InChI is InChI=1S/C26H44O4Si/c1-12-13-20-16-25(10)21(30-31(17(2)3,18(4)5)19(6)7)14-15-26(22(25)27,23(28)29-11)24(20,8)9/h12,14,17-20H,1,13,15-16H2,2-11H3/t20-,25+,26-/m0/s1. The zero-order chi connectivity index (χ0) is 24.0.